The molecule has 10 nitrogen and oxygen atoms in total. The van der Waals surface area contributed by atoms with Crippen molar-refractivity contribution in [3.05, 3.63) is 0 Å². The van der Waals surface area contributed by atoms with Crippen LogP contribution in [0.5, 0.6) is 0 Å². The fraction of sp³-hybridized carbons (Fsp3) is 0.895. The molecule has 0 aromatic rings. The summed E-state index contributed by atoms with van der Waals surface area (Å²) in [7, 11) is 2.93. The number of aliphatic carboxylic acids is 2. The maximum Gasteiger partial charge on any atom is 0.320 e. The molecule has 0 aliphatic carbocycles. The summed E-state index contributed by atoms with van der Waals surface area (Å²) in [6.07, 6.45) is 1.73. The molecule has 0 heterocycles. The number of hydrogen-bond acceptors (Lipinski definition) is 10. The molecule has 0 saturated heterocycles. The van der Waals surface area contributed by atoms with Gasteiger partial charge in [-0.25, -0.2) is 0 Å². The number of ether oxygens (including phenoxy) is 2. The molecule has 0 fully saturated rings. The number of carboxylic acids is 2. The van der Waals surface area contributed by atoms with Crippen LogP contribution in [0.3, 0.4) is 0 Å². The molecule has 184 valence electrons. The molecule has 7 N–H and O–H groups in total. The average Bonchev–Trinajstić information content (AvgIpc) is 2.73. The monoisotopic (exact) mass is 486 g/mol. The van der Waals surface area contributed by atoms with Crippen molar-refractivity contribution in [3.8, 4) is 0 Å². The molecule has 0 bridgehead atoms. The van der Waals surface area contributed by atoms with Crippen LogP contribution in [0.4, 0.5) is 0 Å². The van der Waals surface area contributed by atoms with Gasteiger partial charge in [-0.3, -0.25) is 9.59 Å². The summed E-state index contributed by atoms with van der Waals surface area (Å²) in [6.45, 7) is 3.47. The van der Waals surface area contributed by atoms with Gasteiger partial charge in [-0.05, 0) is 32.1 Å². The van der Waals surface area contributed by atoms with E-state index in [9.17, 15) is 24.9 Å². The number of nitrogens with two attached hydrogens (primary N) is 1. The third-order valence-corrected chi connectivity index (χ3v) is 6.69. The van der Waals surface area contributed by atoms with E-state index in [2.05, 4.69) is 5.32 Å². The zero-order valence-corrected chi connectivity index (χ0v) is 19.7. The maximum absolute atomic E-state index is 11.3. The highest BCUT2D eigenvalue weighted by Gasteiger charge is 2.18. The first-order valence-corrected chi connectivity index (χ1v) is 13.0. The van der Waals surface area contributed by atoms with E-state index in [-0.39, 0.29) is 13.2 Å². The molecule has 0 spiro atoms. The Hall–Kier alpha value is -0.600. The van der Waals surface area contributed by atoms with Crippen LogP contribution in [0.1, 0.15) is 39.0 Å². The van der Waals surface area contributed by atoms with Gasteiger partial charge in [-0.15, -0.1) is 0 Å². The molecule has 12 heteroatoms. The fourth-order valence-corrected chi connectivity index (χ4v) is 4.40. The van der Waals surface area contributed by atoms with Crippen LogP contribution in [0.15, 0.2) is 0 Å². The van der Waals surface area contributed by atoms with Crippen LogP contribution in [0, 0.1) is 0 Å². The molecule has 0 aromatic carbocycles. The van der Waals surface area contributed by atoms with E-state index in [1.54, 1.807) is 0 Å². The summed E-state index contributed by atoms with van der Waals surface area (Å²) in [5.41, 5.74) is 5.41. The minimum atomic E-state index is -1.03. The molecule has 4 atom stereocenters. The van der Waals surface area contributed by atoms with Gasteiger partial charge in [-0.2, -0.15) is 0 Å². The number of rotatable bonds is 22. The zero-order chi connectivity index (χ0) is 23.5. The summed E-state index contributed by atoms with van der Waals surface area (Å²) >= 11 is 0. The van der Waals surface area contributed by atoms with Crippen LogP contribution >= 0.6 is 21.6 Å². The number of nitrogens with one attached hydrogen (secondary N) is 1. The highest BCUT2D eigenvalue weighted by Crippen LogP contribution is 2.23. The van der Waals surface area contributed by atoms with Crippen molar-refractivity contribution in [1.29, 1.82) is 0 Å². The SMILES string of the molecule is CCC(O)COCCCCOCC(O)CNC(CCSSCCC(N)C(=O)O)C(=O)O. The Kier molecular flexibility index (Phi) is 19.7. The number of aliphatic hydroxyl groups is 2. The van der Waals surface area contributed by atoms with E-state index in [0.29, 0.717) is 50.6 Å². The molecule has 0 amide bonds. The van der Waals surface area contributed by atoms with Gasteiger partial charge in [0.2, 0.25) is 0 Å². The van der Waals surface area contributed by atoms with E-state index in [1.165, 1.54) is 21.6 Å². The summed E-state index contributed by atoms with van der Waals surface area (Å²) in [5, 5.41) is 40.1. The molecule has 0 rings (SSSR count). The molecule has 31 heavy (non-hydrogen) atoms. The highest BCUT2D eigenvalue weighted by molar-refractivity contribution is 8.76. The fourth-order valence-electron chi connectivity index (χ4n) is 2.20. The van der Waals surface area contributed by atoms with Crippen LogP contribution in [-0.4, -0.2) is 101 Å². The Morgan fingerprint density at radius 1 is 0.935 bits per heavy atom. The first-order chi connectivity index (χ1) is 14.8. The maximum atomic E-state index is 11.3. The van der Waals surface area contributed by atoms with Gasteiger partial charge in [-0.1, -0.05) is 28.5 Å². The van der Waals surface area contributed by atoms with Crippen LogP contribution in [0.2, 0.25) is 0 Å². The lowest BCUT2D eigenvalue weighted by Gasteiger charge is -2.17. The topological polar surface area (TPSA) is 172 Å². The lowest BCUT2D eigenvalue weighted by Crippen LogP contribution is -2.42. The molecular formula is C19H38N2O8S2. The Bertz CT molecular complexity index is 476. The third-order valence-electron chi connectivity index (χ3n) is 4.22. The number of carbonyl (C=O) groups is 2. The number of hydrogen-bond donors (Lipinski definition) is 6. The lowest BCUT2D eigenvalue weighted by molar-refractivity contribution is -0.140. The molecule has 0 saturated carbocycles. The van der Waals surface area contributed by atoms with E-state index in [0.717, 1.165) is 12.8 Å². The molecular weight excluding hydrogens is 448 g/mol. The van der Waals surface area contributed by atoms with E-state index < -0.39 is 36.2 Å². The molecule has 0 radical (unpaired) electrons. The summed E-state index contributed by atoms with van der Waals surface area (Å²) in [5.74, 6) is -0.868. The summed E-state index contributed by atoms with van der Waals surface area (Å²) in [6, 6.07) is -1.65. The van der Waals surface area contributed by atoms with Crippen LogP contribution < -0.4 is 11.1 Å². The predicted molar refractivity (Wildman–Crippen MR) is 122 cm³/mol. The highest BCUT2D eigenvalue weighted by atomic mass is 33.1. The lowest BCUT2D eigenvalue weighted by atomic mass is 10.2. The van der Waals surface area contributed by atoms with Crippen molar-refractivity contribution >= 4 is 33.5 Å². The number of aliphatic hydroxyl groups excluding tert-OH is 2. The molecule has 4 unspecified atom stereocenters. The van der Waals surface area contributed by atoms with Gasteiger partial charge in [0.1, 0.15) is 12.1 Å². The van der Waals surface area contributed by atoms with E-state index in [4.69, 9.17) is 20.3 Å². The molecule has 0 aliphatic rings. The second kappa shape index (κ2) is 20.0. The largest absolute Gasteiger partial charge is 0.480 e. The quantitative estimate of drug-likeness (QED) is 0.0928. The van der Waals surface area contributed by atoms with Crippen molar-refractivity contribution in [2.45, 2.75) is 63.3 Å². The Morgan fingerprint density at radius 2 is 1.48 bits per heavy atom. The molecule has 0 aromatic heterocycles. The van der Waals surface area contributed by atoms with Crippen molar-refractivity contribution in [2.24, 2.45) is 5.73 Å². The van der Waals surface area contributed by atoms with Gasteiger partial charge >= 0.3 is 11.9 Å². The Morgan fingerprint density at radius 3 is 2.00 bits per heavy atom. The van der Waals surface area contributed by atoms with Gasteiger partial charge < -0.3 is 41.0 Å². The van der Waals surface area contributed by atoms with E-state index >= 15 is 0 Å². The zero-order valence-electron chi connectivity index (χ0n) is 18.1. The van der Waals surface area contributed by atoms with Crippen LogP contribution in [0.25, 0.3) is 0 Å². The van der Waals surface area contributed by atoms with Crippen molar-refractivity contribution in [3.63, 3.8) is 0 Å². The number of unbranched alkanes of at least 4 members (excludes halogenated alkanes) is 1. The van der Waals surface area contributed by atoms with Crippen molar-refractivity contribution in [1.82, 2.24) is 5.32 Å². The van der Waals surface area contributed by atoms with Gasteiger partial charge in [0, 0.05) is 31.3 Å². The summed E-state index contributed by atoms with van der Waals surface area (Å²) in [4.78, 5) is 22.0. The normalized spacial score (nSPS) is 15.4. The van der Waals surface area contributed by atoms with Crippen LogP contribution in [-0.2, 0) is 19.1 Å². The number of carboxylic acid groups (broad SMARTS) is 2. The minimum Gasteiger partial charge on any atom is -0.480 e. The van der Waals surface area contributed by atoms with Gasteiger partial charge in [0.05, 0.1) is 25.4 Å². The third kappa shape index (κ3) is 18.7. The predicted octanol–water partition coefficient (Wildman–Crippen LogP) is 0.548. The minimum absolute atomic E-state index is 0.111. The molecule has 0 aliphatic heterocycles. The first kappa shape index (κ1) is 30.4. The van der Waals surface area contributed by atoms with Gasteiger partial charge in [0.25, 0.3) is 0 Å². The Labute approximate surface area is 192 Å². The smallest absolute Gasteiger partial charge is 0.320 e. The van der Waals surface area contributed by atoms with Crippen molar-refractivity contribution < 1.29 is 39.5 Å². The standard InChI is InChI=1S/C19H38N2O8S2/c1-2-14(22)12-28-7-3-4-8-29-13-15(23)11-21-17(19(26)27)6-10-31-30-9-5-16(20)18(24)25/h14-17,21-23H,2-13,20H2,1H3,(H,24,25)(H,26,27). The second-order valence-corrected chi connectivity index (χ2v) is 9.74. The summed E-state index contributed by atoms with van der Waals surface area (Å²) < 4.78 is 10.7. The average molecular weight is 487 g/mol. The van der Waals surface area contributed by atoms with E-state index in [1.807, 2.05) is 6.92 Å². The Balaban J connectivity index is 3.73. The second-order valence-electron chi connectivity index (χ2n) is 7.04. The van der Waals surface area contributed by atoms with Crippen molar-refractivity contribution in [2.75, 3.05) is 44.5 Å². The van der Waals surface area contributed by atoms with Gasteiger partial charge in [0.15, 0.2) is 0 Å². The first-order valence-electron chi connectivity index (χ1n) is 10.5.